The van der Waals surface area contributed by atoms with Crippen LogP contribution < -0.4 is 5.32 Å². The first kappa shape index (κ1) is 20.6. The summed E-state index contributed by atoms with van der Waals surface area (Å²) < 4.78 is 15.3. The van der Waals surface area contributed by atoms with E-state index in [4.69, 9.17) is 14.2 Å². The SMILES string of the molecule is COC/C=C/CN(C/C=C/COC)C(=O)NCOCC(C)C. The maximum Gasteiger partial charge on any atom is 0.319 e. The molecule has 128 valence electrons. The van der Waals surface area contributed by atoms with E-state index < -0.39 is 0 Å². The molecule has 0 rings (SSSR count). The van der Waals surface area contributed by atoms with Gasteiger partial charge in [0.2, 0.25) is 0 Å². The Balaban J connectivity index is 4.25. The van der Waals surface area contributed by atoms with Gasteiger partial charge in [-0.3, -0.25) is 0 Å². The van der Waals surface area contributed by atoms with Gasteiger partial charge in [-0.15, -0.1) is 0 Å². The minimum absolute atomic E-state index is 0.159. The normalized spacial score (nSPS) is 11.7. The van der Waals surface area contributed by atoms with Crippen LogP contribution >= 0.6 is 0 Å². The van der Waals surface area contributed by atoms with Gasteiger partial charge in [0, 0.05) is 27.3 Å². The van der Waals surface area contributed by atoms with Crippen molar-refractivity contribution >= 4 is 6.03 Å². The summed E-state index contributed by atoms with van der Waals surface area (Å²) >= 11 is 0. The van der Waals surface area contributed by atoms with E-state index in [9.17, 15) is 4.79 Å². The predicted molar refractivity (Wildman–Crippen MR) is 87.8 cm³/mol. The van der Waals surface area contributed by atoms with E-state index in [0.717, 1.165) is 0 Å². The molecule has 0 saturated heterocycles. The molecule has 0 aromatic heterocycles. The standard InChI is InChI=1S/C16H30N2O4/c1-15(2)13-22-14-17-16(19)18(9-5-7-11-20-3)10-6-8-12-21-4/h5-8,15H,9-14H2,1-4H3,(H,17,19)/b7-5+,8-6+. The van der Waals surface area contributed by atoms with Crippen molar-refractivity contribution in [1.29, 1.82) is 0 Å². The van der Waals surface area contributed by atoms with Crippen LogP contribution in [-0.2, 0) is 14.2 Å². The molecule has 22 heavy (non-hydrogen) atoms. The third-order valence-corrected chi connectivity index (χ3v) is 2.57. The van der Waals surface area contributed by atoms with Crippen LogP contribution in [0.2, 0.25) is 0 Å². The van der Waals surface area contributed by atoms with Gasteiger partial charge in [-0.05, 0) is 5.92 Å². The van der Waals surface area contributed by atoms with Crippen molar-refractivity contribution in [2.45, 2.75) is 13.8 Å². The second-order valence-electron chi connectivity index (χ2n) is 5.15. The van der Waals surface area contributed by atoms with Crippen LogP contribution in [0.15, 0.2) is 24.3 Å². The number of hydrogen-bond donors (Lipinski definition) is 1. The van der Waals surface area contributed by atoms with E-state index in [-0.39, 0.29) is 12.8 Å². The zero-order valence-electron chi connectivity index (χ0n) is 14.2. The first-order valence-electron chi connectivity index (χ1n) is 7.50. The molecule has 2 amide bonds. The lowest BCUT2D eigenvalue weighted by Crippen LogP contribution is -2.41. The molecule has 1 N–H and O–H groups in total. The number of nitrogens with zero attached hydrogens (tertiary/aromatic N) is 1. The summed E-state index contributed by atoms with van der Waals surface area (Å²) in [5.41, 5.74) is 0. The first-order chi connectivity index (χ1) is 10.6. The molecule has 0 spiro atoms. The van der Waals surface area contributed by atoms with Crippen LogP contribution in [0.3, 0.4) is 0 Å². The Hall–Kier alpha value is -1.37. The quantitative estimate of drug-likeness (QED) is 0.340. The van der Waals surface area contributed by atoms with Crippen LogP contribution in [-0.4, -0.2) is 64.8 Å². The summed E-state index contributed by atoms with van der Waals surface area (Å²) in [6, 6.07) is -0.159. The van der Waals surface area contributed by atoms with Crippen LogP contribution in [0.25, 0.3) is 0 Å². The van der Waals surface area contributed by atoms with E-state index in [1.165, 1.54) is 0 Å². The van der Waals surface area contributed by atoms with Crippen molar-refractivity contribution in [3.05, 3.63) is 24.3 Å². The molecule has 0 aromatic carbocycles. The fourth-order valence-electron chi connectivity index (χ4n) is 1.49. The summed E-state index contributed by atoms with van der Waals surface area (Å²) in [7, 11) is 3.27. The van der Waals surface area contributed by atoms with Gasteiger partial charge < -0.3 is 24.4 Å². The fraction of sp³-hybridized carbons (Fsp3) is 0.688. The molecule has 0 unspecified atom stereocenters. The maximum atomic E-state index is 12.1. The second kappa shape index (κ2) is 14.6. The molecule has 6 heteroatoms. The summed E-state index contributed by atoms with van der Waals surface area (Å²) in [5.74, 6) is 0.446. The molecule has 0 fully saturated rings. The van der Waals surface area contributed by atoms with Gasteiger partial charge in [0.1, 0.15) is 6.73 Å². The van der Waals surface area contributed by atoms with Gasteiger partial charge in [-0.25, -0.2) is 4.79 Å². The third kappa shape index (κ3) is 12.4. The highest BCUT2D eigenvalue weighted by Crippen LogP contribution is 1.94. The largest absolute Gasteiger partial charge is 0.381 e. The van der Waals surface area contributed by atoms with Crippen molar-refractivity contribution in [3.8, 4) is 0 Å². The van der Waals surface area contributed by atoms with Crippen molar-refractivity contribution in [2.75, 3.05) is 53.9 Å². The number of nitrogens with one attached hydrogen (secondary N) is 1. The summed E-state index contributed by atoms with van der Waals surface area (Å²) in [6.07, 6.45) is 7.58. The predicted octanol–water partition coefficient (Wildman–Crippen LogP) is 2.03. The van der Waals surface area contributed by atoms with E-state index in [1.54, 1.807) is 19.1 Å². The molecule has 0 heterocycles. The van der Waals surface area contributed by atoms with Gasteiger partial charge in [-0.1, -0.05) is 38.2 Å². The Labute approximate surface area is 134 Å². The van der Waals surface area contributed by atoms with Crippen molar-refractivity contribution in [2.24, 2.45) is 5.92 Å². The highest BCUT2D eigenvalue weighted by molar-refractivity contribution is 5.74. The van der Waals surface area contributed by atoms with Gasteiger partial charge in [-0.2, -0.15) is 0 Å². The number of amides is 2. The maximum absolute atomic E-state index is 12.1. The number of hydrogen-bond acceptors (Lipinski definition) is 4. The highest BCUT2D eigenvalue weighted by Gasteiger charge is 2.09. The molecule has 0 aliphatic carbocycles. The average molecular weight is 314 g/mol. The highest BCUT2D eigenvalue weighted by atomic mass is 16.5. The topological polar surface area (TPSA) is 60.0 Å². The van der Waals surface area contributed by atoms with Crippen LogP contribution in [0, 0.1) is 5.92 Å². The summed E-state index contributed by atoms with van der Waals surface area (Å²) in [5, 5.41) is 2.75. The Kier molecular flexibility index (Phi) is 13.7. The smallest absolute Gasteiger partial charge is 0.319 e. The van der Waals surface area contributed by atoms with Gasteiger partial charge in [0.15, 0.2) is 0 Å². The molecule has 0 atom stereocenters. The lowest BCUT2D eigenvalue weighted by Gasteiger charge is -2.20. The van der Waals surface area contributed by atoms with Gasteiger partial charge in [0.25, 0.3) is 0 Å². The molecule has 0 aliphatic heterocycles. The Morgan fingerprint density at radius 3 is 2.05 bits per heavy atom. The minimum Gasteiger partial charge on any atom is -0.381 e. The number of rotatable bonds is 12. The molecule has 6 nitrogen and oxygen atoms in total. The van der Waals surface area contributed by atoms with Crippen molar-refractivity contribution in [1.82, 2.24) is 10.2 Å². The van der Waals surface area contributed by atoms with Gasteiger partial charge >= 0.3 is 6.03 Å². The number of methoxy groups -OCH3 is 2. The Morgan fingerprint density at radius 2 is 1.59 bits per heavy atom. The van der Waals surface area contributed by atoms with Crippen molar-refractivity contribution in [3.63, 3.8) is 0 Å². The monoisotopic (exact) mass is 314 g/mol. The molecule has 0 aliphatic rings. The first-order valence-corrected chi connectivity index (χ1v) is 7.50. The van der Waals surface area contributed by atoms with Gasteiger partial charge in [0.05, 0.1) is 19.8 Å². The molecule has 0 saturated carbocycles. The van der Waals surface area contributed by atoms with E-state index >= 15 is 0 Å². The van der Waals surface area contributed by atoms with E-state index in [2.05, 4.69) is 19.2 Å². The zero-order chi connectivity index (χ0) is 16.6. The van der Waals surface area contributed by atoms with Crippen molar-refractivity contribution < 1.29 is 19.0 Å². The van der Waals surface area contributed by atoms with E-state index in [1.807, 2.05) is 24.3 Å². The zero-order valence-corrected chi connectivity index (χ0v) is 14.2. The fourth-order valence-corrected chi connectivity index (χ4v) is 1.49. The summed E-state index contributed by atoms with van der Waals surface area (Å²) in [6.45, 7) is 7.07. The average Bonchev–Trinajstić information content (AvgIpc) is 2.49. The number of ether oxygens (including phenoxy) is 3. The van der Waals surface area contributed by atoms with Crippen LogP contribution in [0.5, 0.6) is 0 Å². The Morgan fingerprint density at radius 1 is 1.05 bits per heavy atom. The summed E-state index contributed by atoms with van der Waals surface area (Å²) in [4.78, 5) is 13.8. The number of urea groups is 1. The Bertz CT molecular complexity index is 312. The molecule has 0 aromatic rings. The van der Waals surface area contributed by atoms with E-state index in [0.29, 0.717) is 38.8 Å². The lowest BCUT2D eigenvalue weighted by atomic mass is 10.2. The number of carbonyl (C=O) groups is 1. The minimum atomic E-state index is -0.159. The third-order valence-electron chi connectivity index (χ3n) is 2.57. The molecular weight excluding hydrogens is 284 g/mol. The second-order valence-corrected chi connectivity index (χ2v) is 5.15. The molecular formula is C16H30N2O4. The lowest BCUT2D eigenvalue weighted by molar-refractivity contribution is 0.0941. The van der Waals surface area contributed by atoms with Crippen LogP contribution in [0.1, 0.15) is 13.8 Å². The molecule has 0 bridgehead atoms. The molecule has 0 radical (unpaired) electrons. The number of carbonyl (C=O) groups excluding carboxylic acids is 1. The van der Waals surface area contributed by atoms with Crippen LogP contribution in [0.4, 0.5) is 4.79 Å².